The Morgan fingerprint density at radius 1 is 1.37 bits per heavy atom. The molecule has 3 rings (SSSR count). The molecule has 1 atom stereocenters. The van der Waals surface area contributed by atoms with Crippen molar-refractivity contribution >= 4 is 10.9 Å². The standard InChI is InChI=1S/C15H21N3O/c1-10-12-8-11(19-3)4-5-13(12)17-15(10)14-9-16-6-7-18(14)2/h4-5,8,14,16-17H,6-7,9H2,1-3H3. The van der Waals surface area contributed by atoms with Gasteiger partial charge >= 0.3 is 0 Å². The molecule has 0 spiro atoms. The number of benzene rings is 1. The number of aromatic nitrogens is 1. The largest absolute Gasteiger partial charge is 0.497 e. The summed E-state index contributed by atoms with van der Waals surface area (Å²) < 4.78 is 5.32. The zero-order valence-electron chi connectivity index (χ0n) is 11.8. The maximum atomic E-state index is 5.32. The van der Waals surface area contributed by atoms with Gasteiger partial charge in [-0.15, -0.1) is 0 Å². The molecule has 4 heteroatoms. The van der Waals surface area contributed by atoms with Crippen molar-refractivity contribution in [2.24, 2.45) is 0 Å². The average molecular weight is 259 g/mol. The van der Waals surface area contributed by atoms with Crippen LogP contribution in [0.3, 0.4) is 0 Å². The third kappa shape index (κ3) is 2.11. The molecule has 1 aromatic heterocycles. The molecule has 2 heterocycles. The van der Waals surface area contributed by atoms with E-state index in [1.54, 1.807) is 7.11 Å². The van der Waals surface area contributed by atoms with E-state index >= 15 is 0 Å². The first-order valence-electron chi connectivity index (χ1n) is 6.78. The third-order valence-electron chi connectivity index (χ3n) is 4.15. The van der Waals surface area contributed by atoms with Gasteiger partial charge in [0.2, 0.25) is 0 Å². The van der Waals surface area contributed by atoms with E-state index in [4.69, 9.17) is 4.74 Å². The van der Waals surface area contributed by atoms with Crippen LogP contribution < -0.4 is 10.1 Å². The van der Waals surface area contributed by atoms with Gasteiger partial charge < -0.3 is 15.0 Å². The Bertz CT molecular complexity index is 590. The number of nitrogens with zero attached hydrogens (tertiary/aromatic N) is 1. The van der Waals surface area contributed by atoms with Crippen LogP contribution >= 0.6 is 0 Å². The van der Waals surface area contributed by atoms with E-state index < -0.39 is 0 Å². The van der Waals surface area contributed by atoms with Gasteiger partial charge in [-0.05, 0) is 37.7 Å². The molecule has 1 aliphatic heterocycles. The topological polar surface area (TPSA) is 40.3 Å². The predicted molar refractivity (Wildman–Crippen MR) is 77.8 cm³/mol. The molecule has 0 aliphatic carbocycles. The molecule has 1 aromatic carbocycles. The van der Waals surface area contributed by atoms with Crippen LogP contribution in [-0.4, -0.2) is 43.7 Å². The number of methoxy groups -OCH3 is 1. The SMILES string of the molecule is COc1ccc2[nH]c(C3CNCCN3C)c(C)c2c1. The van der Waals surface area contributed by atoms with Crippen LogP contribution in [0, 0.1) is 6.92 Å². The summed E-state index contributed by atoms with van der Waals surface area (Å²) in [7, 11) is 3.90. The minimum atomic E-state index is 0.423. The fraction of sp³-hybridized carbons (Fsp3) is 0.467. The molecule has 0 radical (unpaired) electrons. The van der Waals surface area contributed by atoms with Gasteiger partial charge in [-0.1, -0.05) is 0 Å². The number of nitrogens with one attached hydrogen (secondary N) is 2. The lowest BCUT2D eigenvalue weighted by atomic mass is 10.1. The Morgan fingerprint density at radius 2 is 2.21 bits per heavy atom. The minimum Gasteiger partial charge on any atom is -0.497 e. The van der Waals surface area contributed by atoms with Crippen LogP contribution in [-0.2, 0) is 0 Å². The van der Waals surface area contributed by atoms with Crippen LogP contribution in [0.1, 0.15) is 17.3 Å². The zero-order valence-corrected chi connectivity index (χ0v) is 11.8. The fourth-order valence-electron chi connectivity index (χ4n) is 2.92. The lowest BCUT2D eigenvalue weighted by molar-refractivity contribution is 0.198. The molecule has 2 aromatic rings. The highest BCUT2D eigenvalue weighted by Crippen LogP contribution is 2.31. The first-order valence-corrected chi connectivity index (χ1v) is 6.78. The summed E-state index contributed by atoms with van der Waals surface area (Å²) in [5.41, 5.74) is 3.83. The van der Waals surface area contributed by atoms with Crippen molar-refractivity contribution in [3.8, 4) is 5.75 Å². The van der Waals surface area contributed by atoms with Crippen LogP contribution in [0.5, 0.6) is 5.75 Å². The van der Waals surface area contributed by atoms with E-state index in [9.17, 15) is 0 Å². The van der Waals surface area contributed by atoms with Gasteiger partial charge in [0.15, 0.2) is 0 Å². The molecule has 1 fully saturated rings. The Hall–Kier alpha value is -1.52. The van der Waals surface area contributed by atoms with Gasteiger partial charge in [-0.2, -0.15) is 0 Å². The lowest BCUT2D eigenvalue weighted by Gasteiger charge is -2.33. The Morgan fingerprint density at radius 3 is 2.95 bits per heavy atom. The molecule has 0 amide bonds. The number of fused-ring (bicyclic) bond motifs is 1. The molecule has 4 nitrogen and oxygen atoms in total. The van der Waals surface area contributed by atoms with Crippen LogP contribution in [0.15, 0.2) is 18.2 Å². The van der Waals surface area contributed by atoms with Crippen molar-refractivity contribution in [1.82, 2.24) is 15.2 Å². The molecule has 1 aliphatic rings. The van der Waals surface area contributed by atoms with E-state index in [0.717, 1.165) is 25.4 Å². The summed E-state index contributed by atoms with van der Waals surface area (Å²) in [4.78, 5) is 5.99. The molecular formula is C15H21N3O. The van der Waals surface area contributed by atoms with Crippen molar-refractivity contribution in [1.29, 1.82) is 0 Å². The van der Waals surface area contributed by atoms with E-state index in [0.29, 0.717) is 6.04 Å². The van der Waals surface area contributed by atoms with Crippen LogP contribution in [0.25, 0.3) is 10.9 Å². The number of H-pyrrole nitrogens is 1. The van der Waals surface area contributed by atoms with E-state index in [1.807, 2.05) is 6.07 Å². The summed E-state index contributed by atoms with van der Waals surface area (Å²) in [6, 6.07) is 6.64. The minimum absolute atomic E-state index is 0.423. The fourth-order valence-corrected chi connectivity index (χ4v) is 2.92. The second-order valence-corrected chi connectivity index (χ2v) is 5.28. The number of ether oxygens (including phenoxy) is 1. The predicted octanol–water partition coefficient (Wildman–Crippen LogP) is 2.06. The maximum absolute atomic E-state index is 5.32. The first-order chi connectivity index (χ1) is 9.20. The van der Waals surface area contributed by atoms with Gasteiger partial charge in [0.25, 0.3) is 0 Å². The Balaban J connectivity index is 2.06. The summed E-state index contributed by atoms with van der Waals surface area (Å²) in [6.45, 7) is 5.35. The number of piperazine rings is 1. The van der Waals surface area contributed by atoms with E-state index in [1.165, 1.54) is 22.2 Å². The van der Waals surface area contributed by atoms with Gasteiger partial charge in [0, 0.05) is 36.2 Å². The highest BCUT2D eigenvalue weighted by atomic mass is 16.5. The molecule has 2 N–H and O–H groups in total. The second-order valence-electron chi connectivity index (χ2n) is 5.28. The molecule has 1 unspecified atom stereocenters. The Labute approximate surface area is 113 Å². The summed E-state index contributed by atoms with van der Waals surface area (Å²) >= 11 is 0. The van der Waals surface area contributed by atoms with Crippen molar-refractivity contribution in [2.75, 3.05) is 33.8 Å². The summed E-state index contributed by atoms with van der Waals surface area (Å²) in [5, 5.41) is 4.73. The van der Waals surface area contributed by atoms with Gasteiger partial charge in [-0.25, -0.2) is 0 Å². The van der Waals surface area contributed by atoms with Crippen molar-refractivity contribution in [3.63, 3.8) is 0 Å². The molecule has 1 saturated heterocycles. The number of rotatable bonds is 2. The smallest absolute Gasteiger partial charge is 0.119 e. The quantitative estimate of drug-likeness (QED) is 0.867. The maximum Gasteiger partial charge on any atom is 0.119 e. The number of aryl methyl sites for hydroxylation is 1. The van der Waals surface area contributed by atoms with Gasteiger partial charge in [-0.3, -0.25) is 4.90 Å². The number of aromatic amines is 1. The van der Waals surface area contributed by atoms with Crippen molar-refractivity contribution in [3.05, 3.63) is 29.5 Å². The van der Waals surface area contributed by atoms with E-state index in [-0.39, 0.29) is 0 Å². The molecule has 102 valence electrons. The number of hydrogen-bond acceptors (Lipinski definition) is 3. The van der Waals surface area contributed by atoms with Crippen molar-refractivity contribution in [2.45, 2.75) is 13.0 Å². The molecule has 19 heavy (non-hydrogen) atoms. The molecule has 0 saturated carbocycles. The summed E-state index contributed by atoms with van der Waals surface area (Å²) in [6.07, 6.45) is 0. The monoisotopic (exact) mass is 259 g/mol. The highest BCUT2D eigenvalue weighted by Gasteiger charge is 2.24. The first kappa shape index (κ1) is 12.5. The van der Waals surface area contributed by atoms with Crippen LogP contribution in [0.2, 0.25) is 0 Å². The van der Waals surface area contributed by atoms with E-state index in [2.05, 4.69) is 41.3 Å². The summed E-state index contributed by atoms with van der Waals surface area (Å²) in [5.74, 6) is 0.913. The lowest BCUT2D eigenvalue weighted by Crippen LogP contribution is -2.44. The Kier molecular flexibility index (Phi) is 3.21. The number of likely N-dealkylation sites (N-methyl/N-ethyl adjacent to an activating group) is 1. The average Bonchev–Trinajstić information content (AvgIpc) is 2.76. The second kappa shape index (κ2) is 4.87. The highest BCUT2D eigenvalue weighted by molar-refractivity contribution is 5.86. The van der Waals surface area contributed by atoms with Gasteiger partial charge in [0.05, 0.1) is 13.2 Å². The third-order valence-corrected chi connectivity index (χ3v) is 4.15. The molecule has 0 bridgehead atoms. The number of hydrogen-bond donors (Lipinski definition) is 2. The normalized spacial score (nSPS) is 20.9. The van der Waals surface area contributed by atoms with Crippen LogP contribution in [0.4, 0.5) is 0 Å². The zero-order chi connectivity index (χ0) is 13.4. The molecular weight excluding hydrogens is 238 g/mol. The van der Waals surface area contributed by atoms with Crippen molar-refractivity contribution < 1.29 is 4.74 Å². The van der Waals surface area contributed by atoms with Gasteiger partial charge in [0.1, 0.15) is 5.75 Å².